The highest BCUT2D eigenvalue weighted by molar-refractivity contribution is 9.10. The van der Waals surface area contributed by atoms with Crippen molar-refractivity contribution in [1.29, 1.82) is 0 Å². The lowest BCUT2D eigenvalue weighted by molar-refractivity contribution is 0.405. The first kappa shape index (κ1) is 16.0. The first-order chi connectivity index (χ1) is 9.94. The van der Waals surface area contributed by atoms with Gasteiger partial charge in [-0.25, -0.2) is 13.1 Å². The molecule has 0 spiro atoms. The van der Waals surface area contributed by atoms with Gasteiger partial charge in [-0.1, -0.05) is 40.2 Å². The van der Waals surface area contributed by atoms with Gasteiger partial charge in [-0.3, -0.25) is 0 Å². The molecule has 2 aromatic carbocycles. The van der Waals surface area contributed by atoms with Crippen molar-refractivity contribution in [3.63, 3.8) is 0 Å². The molecule has 0 aliphatic heterocycles. The van der Waals surface area contributed by atoms with Gasteiger partial charge in [0.25, 0.3) is 0 Å². The molecule has 0 bridgehead atoms. The van der Waals surface area contributed by atoms with Crippen LogP contribution in [0.25, 0.3) is 0 Å². The quantitative estimate of drug-likeness (QED) is 0.877. The number of rotatable bonds is 5. The lowest BCUT2D eigenvalue weighted by Gasteiger charge is -2.17. The predicted molar refractivity (Wildman–Crippen MR) is 85.9 cm³/mol. The minimum Gasteiger partial charge on any atom is -0.496 e. The van der Waals surface area contributed by atoms with Crippen molar-refractivity contribution in [2.75, 3.05) is 7.11 Å². The van der Waals surface area contributed by atoms with E-state index in [0.29, 0.717) is 5.75 Å². The molecule has 21 heavy (non-hydrogen) atoms. The number of nitrogens with one attached hydrogen (secondary N) is 1. The molecule has 0 heterocycles. The van der Waals surface area contributed by atoms with Crippen molar-refractivity contribution < 1.29 is 13.2 Å². The Kier molecular flexibility index (Phi) is 5.03. The largest absolute Gasteiger partial charge is 0.496 e. The topological polar surface area (TPSA) is 55.4 Å². The van der Waals surface area contributed by atoms with E-state index in [1.54, 1.807) is 44.4 Å². The van der Waals surface area contributed by atoms with E-state index < -0.39 is 16.1 Å². The SMILES string of the molecule is COc1ccccc1C(C)NS(=O)(=O)c1cccc(Br)c1. The third kappa shape index (κ3) is 3.84. The summed E-state index contributed by atoms with van der Waals surface area (Å²) >= 11 is 3.28. The monoisotopic (exact) mass is 369 g/mol. The fourth-order valence-corrected chi connectivity index (χ4v) is 3.84. The van der Waals surface area contributed by atoms with Gasteiger partial charge in [-0.2, -0.15) is 0 Å². The molecule has 0 fully saturated rings. The maximum absolute atomic E-state index is 12.4. The zero-order valence-corrected chi connectivity index (χ0v) is 14.1. The number of benzene rings is 2. The van der Waals surface area contributed by atoms with Gasteiger partial charge < -0.3 is 4.74 Å². The van der Waals surface area contributed by atoms with Gasteiger partial charge in [0.1, 0.15) is 5.75 Å². The summed E-state index contributed by atoms with van der Waals surface area (Å²) in [4.78, 5) is 0.221. The number of sulfonamides is 1. The third-order valence-electron chi connectivity index (χ3n) is 3.04. The average Bonchev–Trinajstić information content (AvgIpc) is 2.46. The molecule has 0 aliphatic carbocycles. The molecule has 0 saturated heterocycles. The summed E-state index contributed by atoms with van der Waals surface area (Å²) in [7, 11) is -2.03. The molecular formula is C15H16BrNO3S. The second kappa shape index (κ2) is 6.60. The van der Waals surface area contributed by atoms with Crippen LogP contribution in [0, 0.1) is 0 Å². The van der Waals surface area contributed by atoms with E-state index in [9.17, 15) is 8.42 Å². The van der Waals surface area contributed by atoms with Crippen LogP contribution in [0.1, 0.15) is 18.5 Å². The van der Waals surface area contributed by atoms with Crippen LogP contribution in [0.4, 0.5) is 0 Å². The standard InChI is InChI=1S/C15H16BrNO3S/c1-11(14-8-3-4-9-15(14)20-2)17-21(18,19)13-7-5-6-12(16)10-13/h3-11,17H,1-2H3. The molecule has 2 aromatic rings. The lowest BCUT2D eigenvalue weighted by Crippen LogP contribution is -2.27. The van der Waals surface area contributed by atoms with Crippen LogP contribution >= 0.6 is 15.9 Å². The molecular weight excluding hydrogens is 354 g/mol. The van der Waals surface area contributed by atoms with E-state index in [1.165, 1.54) is 0 Å². The van der Waals surface area contributed by atoms with Crippen molar-refractivity contribution in [3.05, 3.63) is 58.6 Å². The Labute approximate surface area is 133 Å². The summed E-state index contributed by atoms with van der Waals surface area (Å²) in [5, 5.41) is 0. The molecule has 0 aromatic heterocycles. The summed E-state index contributed by atoms with van der Waals surface area (Å²) in [5.41, 5.74) is 0.790. The number of halogens is 1. The molecule has 0 radical (unpaired) electrons. The highest BCUT2D eigenvalue weighted by atomic mass is 79.9. The molecule has 4 nitrogen and oxygen atoms in total. The number of hydrogen-bond donors (Lipinski definition) is 1. The smallest absolute Gasteiger partial charge is 0.241 e. The van der Waals surface area contributed by atoms with Gasteiger partial charge in [0.15, 0.2) is 0 Å². The Morgan fingerprint density at radius 2 is 1.86 bits per heavy atom. The molecule has 1 atom stereocenters. The van der Waals surface area contributed by atoms with Crippen LogP contribution in [0.15, 0.2) is 57.9 Å². The van der Waals surface area contributed by atoms with Gasteiger partial charge in [0.05, 0.1) is 12.0 Å². The zero-order chi connectivity index (χ0) is 15.5. The summed E-state index contributed by atoms with van der Waals surface area (Å²) in [5.74, 6) is 0.655. The van der Waals surface area contributed by atoms with Gasteiger partial charge in [0, 0.05) is 16.1 Å². The molecule has 1 N–H and O–H groups in total. The summed E-state index contributed by atoms with van der Waals surface area (Å²) < 4.78 is 33.4. The van der Waals surface area contributed by atoms with Crippen LogP contribution in [0.5, 0.6) is 5.75 Å². The Morgan fingerprint density at radius 1 is 1.14 bits per heavy atom. The fourth-order valence-electron chi connectivity index (χ4n) is 2.02. The van der Waals surface area contributed by atoms with E-state index in [2.05, 4.69) is 20.7 Å². The van der Waals surface area contributed by atoms with Gasteiger partial charge in [0.2, 0.25) is 10.0 Å². The first-order valence-corrected chi connectivity index (χ1v) is 8.62. The Hall–Kier alpha value is -1.37. The van der Waals surface area contributed by atoms with Gasteiger partial charge in [-0.05, 0) is 31.2 Å². The van der Waals surface area contributed by atoms with Crippen LogP contribution < -0.4 is 9.46 Å². The van der Waals surface area contributed by atoms with Crippen molar-refractivity contribution in [2.24, 2.45) is 0 Å². The maximum Gasteiger partial charge on any atom is 0.241 e. The second-order valence-electron chi connectivity index (χ2n) is 4.54. The minimum absolute atomic E-state index is 0.221. The van der Waals surface area contributed by atoms with Gasteiger partial charge >= 0.3 is 0 Å². The third-order valence-corrected chi connectivity index (χ3v) is 5.08. The lowest BCUT2D eigenvalue weighted by atomic mass is 10.1. The van der Waals surface area contributed by atoms with Crippen molar-refractivity contribution in [3.8, 4) is 5.75 Å². The highest BCUT2D eigenvalue weighted by Crippen LogP contribution is 2.26. The normalized spacial score (nSPS) is 12.9. The summed E-state index contributed by atoms with van der Waals surface area (Å²) in [6.45, 7) is 1.79. The minimum atomic E-state index is -3.59. The van der Waals surface area contributed by atoms with Crippen LogP contribution in [-0.4, -0.2) is 15.5 Å². The number of methoxy groups -OCH3 is 1. The van der Waals surface area contributed by atoms with Crippen LogP contribution in [0.3, 0.4) is 0 Å². The molecule has 1 unspecified atom stereocenters. The fraction of sp³-hybridized carbons (Fsp3) is 0.200. The molecule has 2 rings (SSSR count). The Morgan fingerprint density at radius 3 is 2.52 bits per heavy atom. The van der Waals surface area contributed by atoms with E-state index in [-0.39, 0.29) is 4.90 Å². The molecule has 0 amide bonds. The van der Waals surface area contributed by atoms with Gasteiger partial charge in [-0.15, -0.1) is 0 Å². The number of ether oxygens (including phenoxy) is 1. The van der Waals surface area contributed by atoms with Crippen LogP contribution in [-0.2, 0) is 10.0 Å². The van der Waals surface area contributed by atoms with E-state index in [0.717, 1.165) is 10.0 Å². The molecule has 0 saturated carbocycles. The van der Waals surface area contributed by atoms with Crippen molar-refractivity contribution in [1.82, 2.24) is 4.72 Å². The second-order valence-corrected chi connectivity index (χ2v) is 7.17. The number of para-hydroxylation sites is 1. The summed E-state index contributed by atoms with van der Waals surface area (Å²) in [6, 6.07) is 13.5. The molecule has 112 valence electrons. The predicted octanol–water partition coefficient (Wildman–Crippen LogP) is 3.50. The highest BCUT2D eigenvalue weighted by Gasteiger charge is 2.20. The Balaban J connectivity index is 2.28. The van der Waals surface area contributed by atoms with E-state index in [1.807, 2.05) is 18.2 Å². The molecule has 6 heteroatoms. The molecule has 0 aliphatic rings. The van der Waals surface area contributed by atoms with Crippen molar-refractivity contribution >= 4 is 26.0 Å². The number of hydrogen-bond acceptors (Lipinski definition) is 3. The average molecular weight is 370 g/mol. The Bertz CT molecular complexity index is 731. The first-order valence-electron chi connectivity index (χ1n) is 6.35. The van der Waals surface area contributed by atoms with Crippen LogP contribution in [0.2, 0.25) is 0 Å². The van der Waals surface area contributed by atoms with Crippen molar-refractivity contribution in [2.45, 2.75) is 17.9 Å². The summed E-state index contributed by atoms with van der Waals surface area (Å²) in [6.07, 6.45) is 0. The van der Waals surface area contributed by atoms with E-state index >= 15 is 0 Å². The maximum atomic E-state index is 12.4. The van der Waals surface area contributed by atoms with E-state index in [4.69, 9.17) is 4.74 Å². The zero-order valence-electron chi connectivity index (χ0n) is 11.7.